The van der Waals surface area contributed by atoms with Gasteiger partial charge in [-0.05, 0) is 32.1 Å². The molecule has 0 saturated carbocycles. The van der Waals surface area contributed by atoms with E-state index in [2.05, 4.69) is 48.3 Å². The van der Waals surface area contributed by atoms with Crippen LogP contribution in [0.3, 0.4) is 0 Å². The van der Waals surface area contributed by atoms with Gasteiger partial charge in [0, 0.05) is 12.2 Å². The summed E-state index contributed by atoms with van der Waals surface area (Å²) in [6.45, 7) is 7.62. The molecule has 0 spiro atoms. The molecule has 5 nitrogen and oxygen atoms in total. The van der Waals surface area contributed by atoms with Crippen molar-refractivity contribution < 1.29 is 19.8 Å². The van der Waals surface area contributed by atoms with Gasteiger partial charge in [0.15, 0.2) is 0 Å². The number of benzene rings is 1. The third-order valence-electron chi connectivity index (χ3n) is 3.74. The number of carboxylic acids is 2. The molecule has 1 aliphatic rings. The molecule has 2 N–H and O–H groups in total. The van der Waals surface area contributed by atoms with Gasteiger partial charge >= 0.3 is 11.9 Å². The Morgan fingerprint density at radius 1 is 1.04 bits per heavy atom. The average molecular weight is 335 g/mol. The quantitative estimate of drug-likeness (QED) is 0.635. The Labute approximate surface area is 138 Å². The summed E-state index contributed by atoms with van der Waals surface area (Å²) in [5.74, 6) is -2.51. The second kappa shape index (κ2) is 9.27. The van der Waals surface area contributed by atoms with Crippen molar-refractivity contribution >= 4 is 25.2 Å². The number of hydrogen-bond donors (Lipinski definition) is 2. The number of likely N-dealkylation sites (tertiary alicyclic amines) is 1. The number of nitrogens with zero attached hydrogens (tertiary/aromatic N) is 1. The summed E-state index contributed by atoms with van der Waals surface area (Å²) in [6, 6.07) is 11.1. The summed E-state index contributed by atoms with van der Waals surface area (Å²) in [5.41, 5.74) is 0. The first-order valence-electron chi connectivity index (χ1n) is 7.73. The van der Waals surface area contributed by atoms with Gasteiger partial charge in [-0.1, -0.05) is 48.6 Å². The van der Waals surface area contributed by atoms with Crippen LogP contribution in [0, 0.1) is 0 Å². The molecule has 0 radical (unpaired) electrons. The normalized spacial score (nSPS) is 15.2. The van der Waals surface area contributed by atoms with E-state index in [9.17, 15) is 9.59 Å². The maximum atomic E-state index is 9.55. The molecule has 23 heavy (non-hydrogen) atoms. The van der Waals surface area contributed by atoms with Gasteiger partial charge in [-0.25, -0.2) is 9.59 Å². The highest BCUT2D eigenvalue weighted by Crippen LogP contribution is 2.12. The molecule has 2 rings (SSSR count). The van der Waals surface area contributed by atoms with E-state index >= 15 is 0 Å². The molecule has 0 aromatic heterocycles. The van der Waals surface area contributed by atoms with Gasteiger partial charge in [-0.15, -0.1) is 0 Å². The highest BCUT2D eigenvalue weighted by atomic mass is 28.3. The van der Waals surface area contributed by atoms with Crippen molar-refractivity contribution in [1.82, 2.24) is 4.90 Å². The first-order valence-corrected chi connectivity index (χ1v) is 10.9. The monoisotopic (exact) mass is 335 g/mol. The molecule has 1 heterocycles. The van der Waals surface area contributed by atoms with Crippen molar-refractivity contribution in [2.45, 2.75) is 25.9 Å². The zero-order chi connectivity index (χ0) is 17.3. The van der Waals surface area contributed by atoms with Crippen LogP contribution in [0.1, 0.15) is 12.8 Å². The van der Waals surface area contributed by atoms with E-state index in [-0.39, 0.29) is 0 Å². The Hall–Kier alpha value is -1.92. The molecule has 0 bridgehead atoms. The number of hydrogen-bond acceptors (Lipinski definition) is 3. The van der Waals surface area contributed by atoms with Gasteiger partial charge in [0.25, 0.3) is 0 Å². The van der Waals surface area contributed by atoms with Gasteiger partial charge in [0.2, 0.25) is 0 Å². The van der Waals surface area contributed by atoms with Crippen LogP contribution in [0.5, 0.6) is 0 Å². The molecule has 1 aromatic rings. The van der Waals surface area contributed by atoms with E-state index in [4.69, 9.17) is 10.2 Å². The molecule has 6 heteroatoms. The first kappa shape index (κ1) is 19.1. The largest absolute Gasteiger partial charge is 0.478 e. The molecule has 1 aliphatic heterocycles. The highest BCUT2D eigenvalue weighted by Gasteiger charge is 2.27. The van der Waals surface area contributed by atoms with Crippen LogP contribution in [-0.4, -0.2) is 54.4 Å². The van der Waals surface area contributed by atoms with Crippen molar-refractivity contribution in [1.29, 1.82) is 0 Å². The Morgan fingerprint density at radius 3 is 1.96 bits per heavy atom. The van der Waals surface area contributed by atoms with Crippen molar-refractivity contribution in [2.75, 3.05) is 19.3 Å². The van der Waals surface area contributed by atoms with E-state index in [0.29, 0.717) is 12.2 Å². The van der Waals surface area contributed by atoms with Crippen LogP contribution >= 0.6 is 0 Å². The highest BCUT2D eigenvalue weighted by molar-refractivity contribution is 6.89. The van der Waals surface area contributed by atoms with Gasteiger partial charge in [0.05, 0.1) is 8.07 Å². The van der Waals surface area contributed by atoms with E-state index in [1.165, 1.54) is 32.1 Å². The lowest BCUT2D eigenvalue weighted by atomic mass is 10.4. The van der Waals surface area contributed by atoms with E-state index in [1.54, 1.807) is 5.19 Å². The third-order valence-corrected chi connectivity index (χ3v) is 6.88. The average Bonchev–Trinajstić information content (AvgIpc) is 2.99. The zero-order valence-corrected chi connectivity index (χ0v) is 14.7. The minimum absolute atomic E-state index is 0.558. The number of carboxylic acid groups (broad SMARTS) is 2. The summed E-state index contributed by atoms with van der Waals surface area (Å²) >= 11 is 0. The lowest BCUT2D eigenvalue weighted by Gasteiger charge is -2.28. The molecule has 1 aromatic carbocycles. The fourth-order valence-corrected chi connectivity index (χ4v) is 5.33. The van der Waals surface area contributed by atoms with Crippen LogP contribution in [0.2, 0.25) is 13.1 Å². The molecule has 0 amide bonds. The summed E-state index contributed by atoms with van der Waals surface area (Å²) in [6.07, 6.45) is 5.25. The molecule has 1 saturated heterocycles. The van der Waals surface area contributed by atoms with Crippen molar-refractivity contribution in [3.63, 3.8) is 0 Å². The SMILES string of the molecule is C[Si](C)(CN1CCCC1)c1ccccc1.O=C(O)/C=C/C(=O)O. The predicted molar refractivity (Wildman–Crippen MR) is 93.6 cm³/mol. The third kappa shape index (κ3) is 7.76. The van der Waals surface area contributed by atoms with Crippen LogP contribution in [0.4, 0.5) is 0 Å². The van der Waals surface area contributed by atoms with Crippen molar-refractivity contribution in [3.8, 4) is 0 Å². The Balaban J connectivity index is 0.000000284. The van der Waals surface area contributed by atoms with E-state index in [1.807, 2.05) is 0 Å². The van der Waals surface area contributed by atoms with Gasteiger partial charge in [-0.3, -0.25) is 0 Å². The Kier molecular flexibility index (Phi) is 7.71. The molecule has 0 unspecified atom stereocenters. The molecule has 0 aliphatic carbocycles. The second-order valence-electron chi connectivity index (χ2n) is 6.24. The molecule has 0 atom stereocenters. The summed E-state index contributed by atoms with van der Waals surface area (Å²) < 4.78 is 0. The van der Waals surface area contributed by atoms with Crippen LogP contribution in [-0.2, 0) is 9.59 Å². The maximum Gasteiger partial charge on any atom is 0.328 e. The number of rotatable bonds is 5. The summed E-state index contributed by atoms with van der Waals surface area (Å²) in [5, 5.41) is 17.2. The maximum absolute atomic E-state index is 9.55. The topological polar surface area (TPSA) is 77.8 Å². The van der Waals surface area contributed by atoms with E-state index in [0.717, 1.165) is 0 Å². The molecule has 126 valence electrons. The molecular weight excluding hydrogens is 310 g/mol. The Morgan fingerprint density at radius 2 is 1.52 bits per heavy atom. The number of aliphatic carboxylic acids is 2. The number of carbonyl (C=O) groups is 2. The van der Waals surface area contributed by atoms with E-state index < -0.39 is 20.0 Å². The Bertz CT molecular complexity index is 521. The van der Waals surface area contributed by atoms with Gasteiger partial charge < -0.3 is 15.1 Å². The second-order valence-corrected chi connectivity index (χ2v) is 10.9. The lowest BCUT2D eigenvalue weighted by molar-refractivity contribution is -0.134. The fraction of sp³-hybridized carbons (Fsp3) is 0.412. The predicted octanol–water partition coefficient (Wildman–Crippen LogP) is 1.95. The van der Waals surface area contributed by atoms with Crippen LogP contribution in [0.25, 0.3) is 0 Å². The van der Waals surface area contributed by atoms with Gasteiger partial charge in [-0.2, -0.15) is 0 Å². The van der Waals surface area contributed by atoms with Gasteiger partial charge in [0.1, 0.15) is 0 Å². The van der Waals surface area contributed by atoms with Crippen molar-refractivity contribution in [2.24, 2.45) is 0 Å². The van der Waals surface area contributed by atoms with Crippen LogP contribution in [0.15, 0.2) is 42.5 Å². The smallest absolute Gasteiger partial charge is 0.328 e. The fourth-order valence-electron chi connectivity index (χ4n) is 2.62. The minimum atomic E-state index is -1.26. The summed E-state index contributed by atoms with van der Waals surface area (Å²) in [4.78, 5) is 21.8. The summed E-state index contributed by atoms with van der Waals surface area (Å²) in [7, 11) is -1.22. The zero-order valence-electron chi connectivity index (χ0n) is 13.7. The lowest BCUT2D eigenvalue weighted by Crippen LogP contribution is -2.51. The first-order chi connectivity index (χ1) is 10.8. The molecule has 1 fully saturated rings. The minimum Gasteiger partial charge on any atom is -0.478 e. The standard InChI is InChI=1S/C13H21NSi.C4H4O4/c1-15(2,12-14-10-6-7-11-14)13-8-4-3-5-9-13;5-3(6)1-2-4(7)8/h3-5,8-9H,6-7,10-12H2,1-2H3;1-2H,(H,5,6)(H,7,8)/b;2-1+. The van der Waals surface area contributed by atoms with Crippen molar-refractivity contribution in [3.05, 3.63) is 42.5 Å². The van der Waals surface area contributed by atoms with Crippen LogP contribution < -0.4 is 5.19 Å². The molecular formula is C17H25NO4Si.